The van der Waals surface area contributed by atoms with Crippen molar-refractivity contribution in [1.82, 2.24) is 10.2 Å². The largest absolute Gasteiger partial charge is 0.369 e. The van der Waals surface area contributed by atoms with Gasteiger partial charge in [0.2, 0.25) is 5.91 Å². The summed E-state index contributed by atoms with van der Waals surface area (Å²) in [5.74, 6) is 0.350. The Balaban J connectivity index is 2.53. The van der Waals surface area contributed by atoms with Crippen LogP contribution in [0.2, 0.25) is 0 Å². The van der Waals surface area contributed by atoms with Crippen LogP contribution in [0.1, 0.15) is 31.4 Å². The van der Waals surface area contributed by atoms with E-state index in [1.165, 1.54) is 0 Å². The number of carbonyl (C=O) groups excluding carboxylic acids is 1. The number of nitrogens with zero attached hydrogens (tertiary/aromatic N) is 2. The fourth-order valence-corrected chi connectivity index (χ4v) is 2.92. The maximum absolute atomic E-state index is 12.4. The first-order chi connectivity index (χ1) is 10.8. The lowest BCUT2D eigenvalue weighted by Gasteiger charge is -2.32. The standard InChI is InChI=1S/C18H26N4O/c1-13(2)21-16-11-18(17(19)23,9-10-20-16)15-8-6-5-7-14(15)12-22(3)4/h5-8,10-11,13,21H,9,12H2,1-4H3,(H2,19,23). The maximum atomic E-state index is 12.4. The summed E-state index contributed by atoms with van der Waals surface area (Å²) < 4.78 is 0. The summed E-state index contributed by atoms with van der Waals surface area (Å²) in [5, 5.41) is 3.27. The molecule has 0 spiro atoms. The Hall–Kier alpha value is -2.14. The van der Waals surface area contributed by atoms with Gasteiger partial charge in [-0.25, -0.2) is 4.99 Å². The molecule has 1 unspecified atom stereocenters. The number of carbonyl (C=O) groups is 1. The van der Waals surface area contributed by atoms with Crippen molar-refractivity contribution in [3.8, 4) is 0 Å². The van der Waals surface area contributed by atoms with E-state index in [9.17, 15) is 4.79 Å². The summed E-state index contributed by atoms with van der Waals surface area (Å²) >= 11 is 0. The zero-order chi connectivity index (χ0) is 17.0. The molecule has 1 aromatic carbocycles. The van der Waals surface area contributed by atoms with Gasteiger partial charge in [0.1, 0.15) is 11.2 Å². The van der Waals surface area contributed by atoms with Gasteiger partial charge in [0, 0.05) is 25.2 Å². The minimum Gasteiger partial charge on any atom is -0.369 e. The van der Waals surface area contributed by atoms with Gasteiger partial charge in [0.25, 0.3) is 0 Å². The molecule has 0 radical (unpaired) electrons. The number of aliphatic imine (C=N–C) groups is 1. The van der Waals surface area contributed by atoms with Gasteiger partial charge in [-0.2, -0.15) is 0 Å². The van der Waals surface area contributed by atoms with Gasteiger partial charge in [0.05, 0.1) is 0 Å². The monoisotopic (exact) mass is 314 g/mol. The van der Waals surface area contributed by atoms with E-state index in [0.29, 0.717) is 12.2 Å². The average molecular weight is 314 g/mol. The normalized spacial score (nSPS) is 20.7. The van der Waals surface area contributed by atoms with Crippen molar-refractivity contribution in [2.24, 2.45) is 10.7 Å². The van der Waals surface area contributed by atoms with E-state index in [2.05, 4.69) is 21.3 Å². The number of amides is 1. The highest BCUT2D eigenvalue weighted by atomic mass is 16.1. The van der Waals surface area contributed by atoms with Gasteiger partial charge in [-0.3, -0.25) is 4.79 Å². The van der Waals surface area contributed by atoms with Gasteiger partial charge in [-0.05, 0) is 45.1 Å². The predicted molar refractivity (Wildman–Crippen MR) is 94.2 cm³/mol. The molecule has 1 heterocycles. The van der Waals surface area contributed by atoms with Crippen LogP contribution in [0.25, 0.3) is 0 Å². The number of hydrogen-bond donors (Lipinski definition) is 2. The van der Waals surface area contributed by atoms with E-state index in [-0.39, 0.29) is 11.9 Å². The maximum Gasteiger partial charge on any atom is 0.232 e. The lowest BCUT2D eigenvalue weighted by molar-refractivity contribution is -0.121. The van der Waals surface area contributed by atoms with E-state index in [4.69, 9.17) is 5.73 Å². The number of nitrogens with one attached hydrogen (secondary N) is 1. The molecule has 0 aliphatic carbocycles. The third kappa shape index (κ3) is 3.79. The first-order valence-corrected chi connectivity index (χ1v) is 7.90. The van der Waals surface area contributed by atoms with Crippen molar-refractivity contribution < 1.29 is 4.79 Å². The first kappa shape index (κ1) is 17.2. The molecule has 3 N–H and O–H groups in total. The van der Waals surface area contributed by atoms with Gasteiger partial charge in [0.15, 0.2) is 0 Å². The molecular formula is C18H26N4O. The second kappa shape index (κ2) is 6.96. The van der Waals surface area contributed by atoms with Crippen LogP contribution in [-0.2, 0) is 16.8 Å². The number of rotatable bonds is 6. The lowest BCUT2D eigenvalue weighted by atomic mass is 9.74. The molecule has 5 nitrogen and oxygen atoms in total. The van der Waals surface area contributed by atoms with Crippen molar-refractivity contribution in [1.29, 1.82) is 0 Å². The van der Waals surface area contributed by atoms with E-state index >= 15 is 0 Å². The Bertz CT molecular complexity index is 634. The zero-order valence-electron chi connectivity index (χ0n) is 14.3. The van der Waals surface area contributed by atoms with E-state index in [1.807, 2.05) is 52.2 Å². The highest BCUT2D eigenvalue weighted by Gasteiger charge is 2.39. The van der Waals surface area contributed by atoms with Crippen LogP contribution in [-0.4, -0.2) is 37.2 Å². The van der Waals surface area contributed by atoms with E-state index in [1.54, 1.807) is 6.21 Å². The van der Waals surface area contributed by atoms with Crippen LogP contribution in [0.4, 0.5) is 0 Å². The minimum absolute atomic E-state index is 0.235. The van der Waals surface area contributed by atoms with Crippen molar-refractivity contribution in [3.63, 3.8) is 0 Å². The molecule has 1 aliphatic rings. The lowest BCUT2D eigenvalue weighted by Crippen LogP contribution is -2.43. The Kier molecular flexibility index (Phi) is 5.21. The molecule has 1 amide bonds. The molecule has 1 atom stereocenters. The Labute approximate surface area is 138 Å². The van der Waals surface area contributed by atoms with Crippen molar-refractivity contribution in [2.45, 2.75) is 38.3 Å². The molecule has 1 aromatic rings. The van der Waals surface area contributed by atoms with Crippen LogP contribution in [0.5, 0.6) is 0 Å². The van der Waals surface area contributed by atoms with Gasteiger partial charge < -0.3 is 16.0 Å². The van der Waals surface area contributed by atoms with Gasteiger partial charge in [-0.15, -0.1) is 0 Å². The average Bonchev–Trinajstić information content (AvgIpc) is 2.46. The summed E-state index contributed by atoms with van der Waals surface area (Å²) in [6, 6.07) is 8.22. The Morgan fingerprint density at radius 2 is 2.09 bits per heavy atom. The molecule has 23 heavy (non-hydrogen) atoms. The molecule has 0 fully saturated rings. The highest BCUT2D eigenvalue weighted by molar-refractivity contribution is 5.93. The summed E-state index contributed by atoms with van der Waals surface area (Å²) in [4.78, 5) is 18.9. The molecule has 5 heteroatoms. The minimum atomic E-state index is -0.856. The first-order valence-electron chi connectivity index (χ1n) is 7.90. The topological polar surface area (TPSA) is 70.7 Å². The third-order valence-electron chi connectivity index (χ3n) is 3.89. The number of nitrogens with two attached hydrogens (primary N) is 1. The van der Waals surface area contributed by atoms with E-state index < -0.39 is 5.41 Å². The fraction of sp³-hybridized carbons (Fsp3) is 0.444. The molecule has 124 valence electrons. The smallest absolute Gasteiger partial charge is 0.232 e. The van der Waals surface area contributed by atoms with Crippen molar-refractivity contribution in [2.75, 3.05) is 14.1 Å². The SMILES string of the molecule is CC(C)NC1=CC(C(N)=O)(c2ccccc2CN(C)C)CC=N1. The second-order valence-corrected chi connectivity index (χ2v) is 6.57. The zero-order valence-corrected chi connectivity index (χ0v) is 14.3. The number of primary amides is 1. The third-order valence-corrected chi connectivity index (χ3v) is 3.89. The molecular weight excluding hydrogens is 288 g/mol. The van der Waals surface area contributed by atoms with Crippen LogP contribution >= 0.6 is 0 Å². The van der Waals surface area contributed by atoms with Gasteiger partial charge >= 0.3 is 0 Å². The molecule has 0 saturated carbocycles. The Morgan fingerprint density at radius 3 is 2.70 bits per heavy atom. The predicted octanol–water partition coefficient (Wildman–Crippen LogP) is 1.79. The van der Waals surface area contributed by atoms with Crippen LogP contribution < -0.4 is 11.1 Å². The summed E-state index contributed by atoms with van der Waals surface area (Å²) in [5.41, 5.74) is 7.04. The van der Waals surface area contributed by atoms with Gasteiger partial charge in [-0.1, -0.05) is 24.3 Å². The van der Waals surface area contributed by atoms with Crippen LogP contribution in [0.3, 0.4) is 0 Å². The summed E-state index contributed by atoms with van der Waals surface area (Å²) in [6.45, 7) is 4.83. The Morgan fingerprint density at radius 1 is 1.39 bits per heavy atom. The number of hydrogen-bond acceptors (Lipinski definition) is 4. The molecule has 0 aromatic heterocycles. The van der Waals surface area contributed by atoms with E-state index in [0.717, 1.165) is 17.7 Å². The second-order valence-electron chi connectivity index (χ2n) is 6.57. The van der Waals surface area contributed by atoms with Crippen LogP contribution in [0.15, 0.2) is 41.2 Å². The molecule has 1 aliphatic heterocycles. The van der Waals surface area contributed by atoms with Crippen molar-refractivity contribution >= 4 is 12.1 Å². The summed E-state index contributed by atoms with van der Waals surface area (Å²) in [6.07, 6.45) is 4.14. The van der Waals surface area contributed by atoms with Crippen LogP contribution in [0, 0.1) is 0 Å². The van der Waals surface area contributed by atoms with Crippen molar-refractivity contribution in [3.05, 3.63) is 47.3 Å². The quantitative estimate of drug-likeness (QED) is 0.841. The summed E-state index contributed by atoms with van der Waals surface area (Å²) in [7, 11) is 4.02. The number of benzene rings is 1. The highest BCUT2D eigenvalue weighted by Crippen LogP contribution is 2.35. The molecule has 0 saturated heterocycles. The molecule has 0 bridgehead atoms. The molecule has 2 rings (SSSR count). The fourth-order valence-electron chi connectivity index (χ4n) is 2.92.